The Kier molecular flexibility index (Phi) is 7.55. The number of amides is 1. The molecule has 0 aliphatic heterocycles. The Morgan fingerprint density at radius 3 is 2.42 bits per heavy atom. The van der Waals surface area contributed by atoms with Crippen LogP contribution in [0.3, 0.4) is 0 Å². The molecule has 0 atom stereocenters. The Balaban J connectivity index is 1.76. The van der Waals surface area contributed by atoms with Crippen molar-refractivity contribution in [3.8, 4) is 17.2 Å². The Labute approximate surface area is 154 Å². The van der Waals surface area contributed by atoms with E-state index in [0.29, 0.717) is 24.7 Å². The van der Waals surface area contributed by atoms with Gasteiger partial charge in [0.15, 0.2) is 11.5 Å². The summed E-state index contributed by atoms with van der Waals surface area (Å²) in [5.41, 5.74) is 2.12. The molecule has 26 heavy (non-hydrogen) atoms. The van der Waals surface area contributed by atoms with Crippen LogP contribution in [0.4, 0.5) is 0 Å². The first-order valence-corrected chi connectivity index (χ1v) is 8.56. The summed E-state index contributed by atoms with van der Waals surface area (Å²) < 4.78 is 16.0. The molecule has 1 N–H and O–H groups in total. The minimum atomic E-state index is -0.176. The smallest absolute Gasteiger partial charge is 0.244 e. The van der Waals surface area contributed by atoms with Crippen LogP contribution in [-0.4, -0.2) is 33.3 Å². The Morgan fingerprint density at radius 1 is 1.04 bits per heavy atom. The van der Waals surface area contributed by atoms with Crippen LogP contribution < -0.4 is 19.5 Å². The van der Waals surface area contributed by atoms with Gasteiger partial charge in [-0.05, 0) is 47.9 Å². The second-order valence-corrected chi connectivity index (χ2v) is 5.58. The van der Waals surface area contributed by atoms with Crippen LogP contribution >= 0.6 is 0 Å². The standard InChI is InChI=1S/C21H25NO4/c1-4-16-5-9-18(10-6-16)26-14-13-22-21(23)12-8-17-7-11-19(24-2)20(15-17)25-3/h5-12,15H,4,13-14H2,1-3H3,(H,22,23)/b12-8+. The van der Waals surface area contributed by atoms with E-state index in [0.717, 1.165) is 17.7 Å². The van der Waals surface area contributed by atoms with Gasteiger partial charge in [0.2, 0.25) is 5.91 Å². The zero-order chi connectivity index (χ0) is 18.8. The van der Waals surface area contributed by atoms with E-state index >= 15 is 0 Å². The first-order valence-electron chi connectivity index (χ1n) is 8.56. The molecule has 0 saturated carbocycles. The monoisotopic (exact) mass is 355 g/mol. The van der Waals surface area contributed by atoms with E-state index < -0.39 is 0 Å². The summed E-state index contributed by atoms with van der Waals surface area (Å²) in [7, 11) is 3.16. The van der Waals surface area contributed by atoms with Crippen molar-refractivity contribution in [2.45, 2.75) is 13.3 Å². The predicted molar refractivity (Wildman–Crippen MR) is 103 cm³/mol. The number of ether oxygens (including phenoxy) is 3. The quantitative estimate of drug-likeness (QED) is 0.553. The van der Waals surface area contributed by atoms with Gasteiger partial charge in [0.1, 0.15) is 12.4 Å². The highest BCUT2D eigenvalue weighted by Crippen LogP contribution is 2.27. The minimum Gasteiger partial charge on any atom is -0.493 e. The molecule has 0 aromatic heterocycles. The molecule has 5 nitrogen and oxygen atoms in total. The van der Waals surface area contributed by atoms with Crippen molar-refractivity contribution < 1.29 is 19.0 Å². The summed E-state index contributed by atoms with van der Waals surface area (Å²) in [6.07, 6.45) is 4.21. The Hall–Kier alpha value is -2.95. The van der Waals surface area contributed by atoms with Crippen LogP contribution in [0.5, 0.6) is 17.2 Å². The van der Waals surface area contributed by atoms with Gasteiger partial charge in [0.05, 0.1) is 20.8 Å². The number of rotatable bonds is 9. The molecule has 0 unspecified atom stereocenters. The molecule has 0 heterocycles. The number of hydrogen-bond donors (Lipinski definition) is 1. The van der Waals surface area contributed by atoms with Crippen LogP contribution in [0.25, 0.3) is 6.08 Å². The lowest BCUT2D eigenvalue weighted by molar-refractivity contribution is -0.116. The van der Waals surface area contributed by atoms with E-state index in [1.165, 1.54) is 11.6 Å². The second-order valence-electron chi connectivity index (χ2n) is 5.58. The lowest BCUT2D eigenvalue weighted by Crippen LogP contribution is -2.26. The van der Waals surface area contributed by atoms with Gasteiger partial charge < -0.3 is 19.5 Å². The number of carbonyl (C=O) groups excluding carboxylic acids is 1. The zero-order valence-corrected chi connectivity index (χ0v) is 15.5. The Morgan fingerprint density at radius 2 is 1.77 bits per heavy atom. The summed E-state index contributed by atoms with van der Waals surface area (Å²) in [6.45, 7) is 2.97. The molecule has 138 valence electrons. The molecule has 0 fully saturated rings. The van der Waals surface area contributed by atoms with Crippen LogP contribution in [-0.2, 0) is 11.2 Å². The van der Waals surface area contributed by atoms with E-state index in [4.69, 9.17) is 14.2 Å². The fraction of sp³-hybridized carbons (Fsp3) is 0.286. The second kappa shape index (κ2) is 10.1. The molecule has 2 rings (SSSR count). The molecule has 1 amide bonds. The molecule has 0 aliphatic rings. The van der Waals surface area contributed by atoms with E-state index in [2.05, 4.69) is 12.2 Å². The average molecular weight is 355 g/mol. The van der Waals surface area contributed by atoms with Crippen molar-refractivity contribution >= 4 is 12.0 Å². The maximum atomic E-state index is 11.9. The van der Waals surface area contributed by atoms with Crippen molar-refractivity contribution in [1.29, 1.82) is 0 Å². The highest BCUT2D eigenvalue weighted by Gasteiger charge is 2.03. The number of benzene rings is 2. The van der Waals surface area contributed by atoms with Gasteiger partial charge in [0, 0.05) is 6.08 Å². The number of carbonyl (C=O) groups is 1. The predicted octanol–water partition coefficient (Wildman–Crippen LogP) is 3.47. The van der Waals surface area contributed by atoms with Crippen LogP contribution in [0.1, 0.15) is 18.1 Å². The minimum absolute atomic E-state index is 0.176. The number of nitrogens with one attached hydrogen (secondary N) is 1. The molecule has 2 aromatic carbocycles. The first kappa shape index (κ1) is 19.4. The van der Waals surface area contributed by atoms with Crippen molar-refractivity contribution in [3.63, 3.8) is 0 Å². The van der Waals surface area contributed by atoms with Gasteiger partial charge in [-0.3, -0.25) is 4.79 Å². The van der Waals surface area contributed by atoms with Gasteiger partial charge in [-0.25, -0.2) is 0 Å². The fourth-order valence-electron chi connectivity index (χ4n) is 2.35. The summed E-state index contributed by atoms with van der Waals surface area (Å²) in [6, 6.07) is 13.4. The Bertz CT molecular complexity index is 738. The topological polar surface area (TPSA) is 56.8 Å². The van der Waals surface area contributed by atoms with Gasteiger partial charge in [-0.2, -0.15) is 0 Å². The molecule has 5 heteroatoms. The molecule has 2 aromatic rings. The summed E-state index contributed by atoms with van der Waals surface area (Å²) in [5.74, 6) is 1.90. The van der Waals surface area contributed by atoms with E-state index in [9.17, 15) is 4.79 Å². The molecule has 0 spiro atoms. The largest absolute Gasteiger partial charge is 0.493 e. The summed E-state index contributed by atoms with van der Waals surface area (Å²) in [4.78, 5) is 11.9. The van der Waals surface area contributed by atoms with Gasteiger partial charge in [-0.1, -0.05) is 25.1 Å². The van der Waals surface area contributed by atoms with Crippen LogP contribution in [0.15, 0.2) is 48.5 Å². The maximum absolute atomic E-state index is 11.9. The lowest BCUT2D eigenvalue weighted by Gasteiger charge is -2.08. The van der Waals surface area contributed by atoms with E-state index in [1.807, 2.05) is 36.4 Å². The zero-order valence-electron chi connectivity index (χ0n) is 15.5. The molecule has 0 saturated heterocycles. The summed E-state index contributed by atoms with van der Waals surface area (Å²) >= 11 is 0. The lowest BCUT2D eigenvalue weighted by atomic mass is 10.2. The third-order valence-electron chi connectivity index (χ3n) is 3.84. The molecular formula is C21H25NO4. The number of aryl methyl sites for hydroxylation is 1. The normalized spacial score (nSPS) is 10.6. The van der Waals surface area contributed by atoms with Crippen LogP contribution in [0, 0.1) is 0 Å². The SMILES string of the molecule is CCc1ccc(OCCNC(=O)/C=C/c2ccc(OC)c(OC)c2)cc1. The van der Waals surface area contributed by atoms with Gasteiger partial charge in [0.25, 0.3) is 0 Å². The van der Waals surface area contributed by atoms with Crippen molar-refractivity contribution in [3.05, 3.63) is 59.7 Å². The van der Waals surface area contributed by atoms with Crippen molar-refractivity contribution in [2.75, 3.05) is 27.4 Å². The van der Waals surface area contributed by atoms with Gasteiger partial charge in [-0.15, -0.1) is 0 Å². The summed E-state index contributed by atoms with van der Waals surface area (Å²) in [5, 5.41) is 2.79. The van der Waals surface area contributed by atoms with Crippen molar-refractivity contribution in [2.24, 2.45) is 0 Å². The molecule has 0 radical (unpaired) electrons. The van der Waals surface area contributed by atoms with Gasteiger partial charge >= 0.3 is 0 Å². The molecule has 0 bridgehead atoms. The third-order valence-corrected chi connectivity index (χ3v) is 3.84. The van der Waals surface area contributed by atoms with E-state index in [1.54, 1.807) is 26.4 Å². The highest BCUT2D eigenvalue weighted by molar-refractivity contribution is 5.91. The number of hydrogen-bond acceptors (Lipinski definition) is 4. The highest BCUT2D eigenvalue weighted by atomic mass is 16.5. The molecular weight excluding hydrogens is 330 g/mol. The number of methoxy groups -OCH3 is 2. The van der Waals surface area contributed by atoms with E-state index in [-0.39, 0.29) is 5.91 Å². The van der Waals surface area contributed by atoms with Crippen LogP contribution in [0.2, 0.25) is 0 Å². The first-order chi connectivity index (χ1) is 12.7. The third kappa shape index (κ3) is 5.84. The average Bonchev–Trinajstić information content (AvgIpc) is 2.69. The maximum Gasteiger partial charge on any atom is 0.244 e. The fourth-order valence-corrected chi connectivity index (χ4v) is 2.35. The van der Waals surface area contributed by atoms with Crippen molar-refractivity contribution in [1.82, 2.24) is 5.32 Å². The molecule has 0 aliphatic carbocycles.